The molecule has 1 unspecified atom stereocenters. The predicted octanol–water partition coefficient (Wildman–Crippen LogP) is 6.25. The molecule has 0 saturated heterocycles. The minimum Gasteiger partial charge on any atom is -0.423 e. The maximum Gasteiger partial charge on any atom is 0.336 e. The monoisotopic (exact) mass is 477 g/mol. The molecule has 2 rings (SSSR count). The fourth-order valence-corrected chi connectivity index (χ4v) is 3.22. The van der Waals surface area contributed by atoms with Gasteiger partial charge in [-0.05, 0) is 54.3 Å². The van der Waals surface area contributed by atoms with Crippen LogP contribution in [0.15, 0.2) is 65.2 Å². The van der Waals surface area contributed by atoms with Gasteiger partial charge in [0.2, 0.25) is 0 Å². The highest BCUT2D eigenvalue weighted by molar-refractivity contribution is 9.10. The summed E-state index contributed by atoms with van der Waals surface area (Å²) in [5.41, 5.74) is 2.51. The summed E-state index contributed by atoms with van der Waals surface area (Å²) in [7, 11) is 2.58. The van der Waals surface area contributed by atoms with E-state index >= 15 is 0 Å². The molecule has 0 aromatic heterocycles. The number of benzene rings is 2. The van der Waals surface area contributed by atoms with Gasteiger partial charge in [-0.2, -0.15) is 0 Å². The van der Waals surface area contributed by atoms with E-state index in [0.717, 1.165) is 34.9 Å². The predicted molar refractivity (Wildman–Crippen MR) is 124 cm³/mol. The van der Waals surface area contributed by atoms with E-state index in [0.29, 0.717) is 24.1 Å². The molecule has 0 aliphatic rings. The van der Waals surface area contributed by atoms with E-state index in [1.807, 2.05) is 24.3 Å². The summed E-state index contributed by atoms with van der Waals surface area (Å²) < 4.78 is 20.6. The number of ether oxygens (including phenoxy) is 1. The van der Waals surface area contributed by atoms with Crippen LogP contribution in [0.1, 0.15) is 37.3 Å². The molecule has 0 amide bonds. The van der Waals surface area contributed by atoms with Gasteiger partial charge in [-0.15, -0.1) is 9.24 Å². The topological polar surface area (TPSA) is 38.3 Å². The fraction of sp³-hybridized carbons (Fsp3) is 0.261. The van der Waals surface area contributed by atoms with Gasteiger partial charge in [-0.25, -0.2) is 9.18 Å². The molecule has 0 heterocycles. The van der Waals surface area contributed by atoms with Crippen LogP contribution in [0.25, 0.3) is 5.57 Å². The van der Waals surface area contributed by atoms with Gasteiger partial charge in [0.25, 0.3) is 0 Å². The number of carbonyl (C=O) groups excluding carboxylic acids is 1. The van der Waals surface area contributed by atoms with Gasteiger partial charge in [-0.3, -0.25) is 0 Å². The zero-order valence-corrected chi connectivity index (χ0v) is 19.2. The second kappa shape index (κ2) is 12.7. The number of carbonyl (C=O) groups is 1. The lowest BCUT2D eigenvalue weighted by Crippen LogP contribution is -2.13. The first-order valence-electron chi connectivity index (χ1n) is 9.58. The number of nitrogens with one attached hydrogen (secondary N) is 1. The smallest absolute Gasteiger partial charge is 0.336 e. The number of rotatable bonds is 10. The number of halogens is 2. The maximum atomic E-state index is 14.4. The molecule has 2 aromatic carbocycles. The van der Waals surface area contributed by atoms with Gasteiger partial charge in [0, 0.05) is 28.9 Å². The zero-order valence-electron chi connectivity index (χ0n) is 16.5. The molecule has 0 aliphatic carbocycles. The first-order chi connectivity index (χ1) is 14.0. The molecular weight excluding hydrogens is 452 g/mol. The standard InChI is InChI=1S/C23H26BrFNO2P/c1-2-3-6-17(20-8-5-9-22(25)21(20)15-26-16-29)7-4-10-23(27)28-19-13-11-18(24)12-14-19/h4-5,7-14,26H,2-3,6,15-16,29H2,1H3. The summed E-state index contributed by atoms with van der Waals surface area (Å²) in [4.78, 5) is 12.1. The highest BCUT2D eigenvalue weighted by atomic mass is 79.9. The van der Waals surface area contributed by atoms with Crippen molar-refractivity contribution in [2.45, 2.75) is 32.7 Å². The average molecular weight is 478 g/mol. The summed E-state index contributed by atoms with van der Waals surface area (Å²) in [5, 5.41) is 3.16. The zero-order chi connectivity index (χ0) is 21.1. The Morgan fingerprint density at radius 3 is 2.69 bits per heavy atom. The first-order valence-corrected chi connectivity index (χ1v) is 11.2. The van der Waals surface area contributed by atoms with Crippen LogP contribution in [0.5, 0.6) is 5.75 Å². The van der Waals surface area contributed by atoms with Gasteiger partial charge in [0.15, 0.2) is 0 Å². The summed E-state index contributed by atoms with van der Waals surface area (Å²) in [5.74, 6) is -0.203. The molecule has 0 fully saturated rings. The third kappa shape index (κ3) is 7.85. The molecule has 1 atom stereocenters. The molecule has 0 bridgehead atoms. The molecule has 0 radical (unpaired) electrons. The van der Waals surface area contributed by atoms with Crippen molar-refractivity contribution in [2.24, 2.45) is 0 Å². The minimum absolute atomic E-state index is 0.227. The van der Waals surface area contributed by atoms with Crippen molar-refractivity contribution in [3.05, 3.63) is 82.1 Å². The molecular formula is C23H26BrFNO2P. The van der Waals surface area contributed by atoms with Crippen LogP contribution < -0.4 is 10.1 Å². The van der Waals surface area contributed by atoms with E-state index in [-0.39, 0.29) is 5.82 Å². The molecule has 0 spiro atoms. The number of hydrogen-bond acceptors (Lipinski definition) is 3. The van der Waals surface area contributed by atoms with Crippen molar-refractivity contribution >= 4 is 36.7 Å². The Morgan fingerprint density at radius 1 is 1.24 bits per heavy atom. The van der Waals surface area contributed by atoms with Crippen LogP contribution in [-0.4, -0.2) is 12.3 Å². The minimum atomic E-state index is -0.456. The van der Waals surface area contributed by atoms with Gasteiger partial charge >= 0.3 is 5.97 Å². The van der Waals surface area contributed by atoms with Crippen molar-refractivity contribution < 1.29 is 13.9 Å². The molecule has 0 saturated carbocycles. The fourth-order valence-electron chi connectivity index (χ4n) is 2.81. The van der Waals surface area contributed by atoms with Crippen molar-refractivity contribution in [1.29, 1.82) is 0 Å². The van der Waals surface area contributed by atoms with Gasteiger partial charge in [0.05, 0.1) is 0 Å². The van der Waals surface area contributed by atoms with E-state index in [9.17, 15) is 9.18 Å². The number of hydrogen-bond donors (Lipinski definition) is 1. The highest BCUT2D eigenvalue weighted by Gasteiger charge is 2.11. The van der Waals surface area contributed by atoms with Crippen molar-refractivity contribution in [3.63, 3.8) is 0 Å². The Balaban J connectivity index is 2.20. The van der Waals surface area contributed by atoms with Crippen LogP contribution >= 0.6 is 25.2 Å². The summed E-state index contributed by atoms with van der Waals surface area (Å²) in [6, 6.07) is 12.2. The third-order valence-electron chi connectivity index (χ3n) is 4.27. The molecule has 29 heavy (non-hydrogen) atoms. The molecule has 154 valence electrons. The normalized spacial score (nSPS) is 11.8. The Labute approximate surface area is 182 Å². The third-order valence-corrected chi connectivity index (χ3v) is 5.09. The van der Waals surface area contributed by atoms with Crippen LogP contribution in [0.3, 0.4) is 0 Å². The summed E-state index contributed by atoms with van der Waals surface area (Å²) in [6.45, 7) is 2.57. The lowest BCUT2D eigenvalue weighted by molar-refractivity contribution is -0.128. The van der Waals surface area contributed by atoms with Crippen molar-refractivity contribution in [2.75, 3.05) is 6.29 Å². The number of unbranched alkanes of at least 4 members (excludes halogenated alkanes) is 1. The first kappa shape index (κ1) is 23.5. The van der Waals surface area contributed by atoms with E-state index in [1.54, 1.807) is 24.3 Å². The van der Waals surface area contributed by atoms with Gasteiger partial charge in [0.1, 0.15) is 11.6 Å². The Hall–Kier alpha value is -1.81. The van der Waals surface area contributed by atoms with Gasteiger partial charge < -0.3 is 10.1 Å². The van der Waals surface area contributed by atoms with E-state index in [1.165, 1.54) is 12.1 Å². The molecule has 2 aromatic rings. The highest BCUT2D eigenvalue weighted by Crippen LogP contribution is 2.26. The molecule has 1 N–H and O–H groups in total. The van der Waals surface area contributed by atoms with Crippen LogP contribution in [0.4, 0.5) is 4.39 Å². The lowest BCUT2D eigenvalue weighted by atomic mass is 9.94. The van der Waals surface area contributed by atoms with E-state index in [4.69, 9.17) is 4.74 Å². The largest absolute Gasteiger partial charge is 0.423 e. The summed E-state index contributed by atoms with van der Waals surface area (Å²) >= 11 is 3.34. The molecule has 6 heteroatoms. The van der Waals surface area contributed by atoms with Crippen LogP contribution in [0, 0.1) is 5.82 Å². The van der Waals surface area contributed by atoms with Crippen LogP contribution in [0.2, 0.25) is 0 Å². The van der Waals surface area contributed by atoms with Crippen molar-refractivity contribution in [1.82, 2.24) is 5.32 Å². The second-order valence-corrected chi connectivity index (χ2v) is 7.75. The second-order valence-electron chi connectivity index (χ2n) is 6.43. The quantitative estimate of drug-likeness (QED) is 0.144. The Bertz CT molecular complexity index is 866. The lowest BCUT2D eigenvalue weighted by Gasteiger charge is -2.14. The SMILES string of the molecule is CCCCC(=CC=CC(=O)Oc1ccc(Br)cc1)c1cccc(F)c1CNCP. The van der Waals surface area contributed by atoms with Crippen LogP contribution in [-0.2, 0) is 11.3 Å². The van der Waals surface area contributed by atoms with E-state index < -0.39 is 5.97 Å². The summed E-state index contributed by atoms with van der Waals surface area (Å²) in [6.07, 6.45) is 8.43. The number of allylic oxidation sites excluding steroid dienone is 3. The number of esters is 1. The maximum absolute atomic E-state index is 14.4. The Morgan fingerprint density at radius 2 is 2.00 bits per heavy atom. The average Bonchev–Trinajstić information content (AvgIpc) is 2.71. The Kier molecular flexibility index (Phi) is 10.3. The van der Waals surface area contributed by atoms with Gasteiger partial charge in [-0.1, -0.05) is 53.6 Å². The van der Waals surface area contributed by atoms with Crippen molar-refractivity contribution in [3.8, 4) is 5.75 Å². The molecule has 3 nitrogen and oxygen atoms in total. The molecule has 0 aliphatic heterocycles. The van der Waals surface area contributed by atoms with E-state index in [2.05, 4.69) is 37.4 Å².